The van der Waals surface area contributed by atoms with Crippen molar-refractivity contribution >= 4 is 35.0 Å². The fourth-order valence-corrected chi connectivity index (χ4v) is 2.81. The van der Waals surface area contributed by atoms with E-state index in [2.05, 4.69) is 20.5 Å². The van der Waals surface area contributed by atoms with Crippen LogP contribution in [0.3, 0.4) is 0 Å². The van der Waals surface area contributed by atoms with Crippen LogP contribution < -0.4 is 11.2 Å². The maximum Gasteiger partial charge on any atom is 0.234 e. The van der Waals surface area contributed by atoms with Gasteiger partial charge in [0, 0.05) is 23.6 Å². The largest absolute Gasteiger partial charge is 0.335 e. The number of anilines is 1. The lowest BCUT2D eigenvalue weighted by molar-refractivity contribution is -0.113. The average molecular weight is 379 g/mol. The van der Waals surface area contributed by atoms with Crippen LogP contribution in [0.15, 0.2) is 47.9 Å². The van der Waals surface area contributed by atoms with Crippen LogP contribution in [0.2, 0.25) is 5.02 Å². The lowest BCUT2D eigenvalue weighted by Crippen LogP contribution is -2.16. The monoisotopic (exact) mass is 378 g/mol. The normalized spacial score (nSPS) is 10.6. The van der Waals surface area contributed by atoms with E-state index in [1.54, 1.807) is 24.5 Å². The molecule has 0 saturated heterocycles. The van der Waals surface area contributed by atoms with Crippen LogP contribution in [0.5, 0.6) is 0 Å². The molecule has 0 spiro atoms. The molecule has 7 nitrogen and oxygen atoms in total. The van der Waals surface area contributed by atoms with E-state index < -0.39 is 5.82 Å². The van der Waals surface area contributed by atoms with Crippen molar-refractivity contribution in [3.63, 3.8) is 0 Å². The molecule has 3 N–H and O–H groups in total. The number of halogens is 2. The summed E-state index contributed by atoms with van der Waals surface area (Å²) in [7, 11) is 0. The van der Waals surface area contributed by atoms with E-state index in [9.17, 15) is 9.18 Å². The number of rotatable bonds is 5. The summed E-state index contributed by atoms with van der Waals surface area (Å²) in [5, 5.41) is 10.9. The molecule has 10 heteroatoms. The number of nitrogen functional groups attached to an aromatic ring is 1. The summed E-state index contributed by atoms with van der Waals surface area (Å²) in [6.07, 6.45) is 3.25. The number of nitrogens with zero attached hydrogens (tertiary/aromatic N) is 4. The fourth-order valence-electron chi connectivity index (χ4n) is 1.97. The van der Waals surface area contributed by atoms with Gasteiger partial charge in [-0.15, -0.1) is 10.2 Å². The van der Waals surface area contributed by atoms with E-state index in [-0.39, 0.29) is 16.7 Å². The van der Waals surface area contributed by atoms with Gasteiger partial charge in [-0.3, -0.25) is 9.78 Å². The minimum absolute atomic E-state index is 0.0562. The Balaban J connectivity index is 1.63. The Morgan fingerprint density at radius 3 is 2.76 bits per heavy atom. The van der Waals surface area contributed by atoms with E-state index >= 15 is 0 Å². The van der Waals surface area contributed by atoms with Crippen LogP contribution in [0.4, 0.5) is 10.1 Å². The van der Waals surface area contributed by atoms with E-state index in [0.717, 1.165) is 17.3 Å². The zero-order valence-electron chi connectivity index (χ0n) is 12.7. The zero-order chi connectivity index (χ0) is 17.8. The Morgan fingerprint density at radius 1 is 1.28 bits per heavy atom. The fraction of sp³-hybridized carbons (Fsp3) is 0.0667. The van der Waals surface area contributed by atoms with Gasteiger partial charge >= 0.3 is 0 Å². The third kappa shape index (κ3) is 4.06. The minimum atomic E-state index is -0.547. The van der Waals surface area contributed by atoms with Crippen molar-refractivity contribution in [3.8, 4) is 11.4 Å². The first-order chi connectivity index (χ1) is 12.0. The Bertz CT molecular complexity index is 904. The molecule has 0 bridgehead atoms. The van der Waals surface area contributed by atoms with Crippen LogP contribution in [-0.4, -0.2) is 31.5 Å². The summed E-state index contributed by atoms with van der Waals surface area (Å²) < 4.78 is 14.4. The predicted octanol–water partition coefficient (Wildman–Crippen LogP) is 2.58. The Labute approximate surface area is 151 Å². The molecule has 0 fully saturated rings. The van der Waals surface area contributed by atoms with Crippen molar-refractivity contribution in [1.82, 2.24) is 19.9 Å². The molecule has 0 unspecified atom stereocenters. The van der Waals surface area contributed by atoms with Gasteiger partial charge in [-0.2, -0.15) is 0 Å². The van der Waals surface area contributed by atoms with E-state index in [4.69, 9.17) is 17.4 Å². The van der Waals surface area contributed by atoms with Crippen molar-refractivity contribution < 1.29 is 9.18 Å². The average Bonchev–Trinajstić information content (AvgIpc) is 2.98. The second-order valence-electron chi connectivity index (χ2n) is 4.88. The predicted molar refractivity (Wildman–Crippen MR) is 94.2 cm³/mol. The number of thioether (sulfide) groups is 1. The van der Waals surface area contributed by atoms with Crippen LogP contribution in [0, 0.1) is 5.82 Å². The quantitative estimate of drug-likeness (QED) is 0.523. The molecule has 2 heterocycles. The van der Waals surface area contributed by atoms with Crippen molar-refractivity contribution in [2.75, 3.05) is 16.9 Å². The first-order valence-corrected chi connectivity index (χ1v) is 8.39. The molecule has 0 aliphatic heterocycles. The second kappa shape index (κ2) is 7.49. The van der Waals surface area contributed by atoms with E-state index in [1.165, 1.54) is 22.9 Å². The maximum atomic E-state index is 13.1. The molecule has 25 heavy (non-hydrogen) atoms. The number of carbonyl (C=O) groups is 1. The first kappa shape index (κ1) is 17.2. The van der Waals surface area contributed by atoms with E-state index in [0.29, 0.717) is 16.7 Å². The third-order valence-electron chi connectivity index (χ3n) is 3.14. The van der Waals surface area contributed by atoms with Crippen LogP contribution in [-0.2, 0) is 4.79 Å². The highest BCUT2D eigenvalue weighted by Gasteiger charge is 2.14. The van der Waals surface area contributed by atoms with Gasteiger partial charge in [0.2, 0.25) is 11.1 Å². The number of nitrogens with two attached hydrogens (primary N) is 1. The summed E-state index contributed by atoms with van der Waals surface area (Å²) in [6.45, 7) is 0. The summed E-state index contributed by atoms with van der Waals surface area (Å²) >= 11 is 6.80. The maximum absolute atomic E-state index is 13.1. The van der Waals surface area contributed by atoms with Gasteiger partial charge in [0.15, 0.2) is 5.82 Å². The molecule has 1 aromatic carbocycles. The SMILES string of the molecule is Nn1c(SCC(=O)Nc2ccc(F)c(Cl)c2)nnc1-c1ccncc1. The standard InChI is InChI=1S/C15H12ClFN6OS/c16-11-7-10(1-2-12(11)17)20-13(24)8-25-15-22-21-14(23(15)18)9-3-5-19-6-4-9/h1-7H,8,18H2,(H,20,24). The Hall–Kier alpha value is -2.65. The number of hydrogen-bond acceptors (Lipinski definition) is 6. The van der Waals surface area contributed by atoms with Crippen LogP contribution >= 0.6 is 23.4 Å². The number of pyridine rings is 1. The molecular formula is C15H12ClFN6OS. The molecule has 3 aromatic rings. The van der Waals surface area contributed by atoms with Gasteiger partial charge in [0.25, 0.3) is 0 Å². The van der Waals surface area contributed by atoms with Gasteiger partial charge in [-0.25, -0.2) is 9.07 Å². The molecule has 0 radical (unpaired) electrons. The summed E-state index contributed by atoms with van der Waals surface area (Å²) in [4.78, 5) is 15.9. The Morgan fingerprint density at radius 2 is 2.04 bits per heavy atom. The number of hydrogen-bond donors (Lipinski definition) is 2. The number of carbonyl (C=O) groups excluding carboxylic acids is 1. The topological polar surface area (TPSA) is 98.7 Å². The first-order valence-electron chi connectivity index (χ1n) is 7.03. The van der Waals surface area contributed by atoms with Crippen molar-refractivity contribution in [2.45, 2.75) is 5.16 Å². The molecule has 0 atom stereocenters. The zero-order valence-corrected chi connectivity index (χ0v) is 14.3. The second-order valence-corrected chi connectivity index (χ2v) is 6.23. The molecular weight excluding hydrogens is 367 g/mol. The lowest BCUT2D eigenvalue weighted by Gasteiger charge is -2.06. The van der Waals surface area contributed by atoms with Gasteiger partial charge in [0.05, 0.1) is 10.8 Å². The van der Waals surface area contributed by atoms with Crippen LogP contribution in [0.1, 0.15) is 0 Å². The van der Waals surface area contributed by atoms with Gasteiger partial charge < -0.3 is 11.2 Å². The molecule has 0 aliphatic carbocycles. The summed E-state index contributed by atoms with van der Waals surface area (Å²) in [6, 6.07) is 7.46. The van der Waals surface area contributed by atoms with Crippen molar-refractivity contribution in [2.24, 2.45) is 0 Å². The highest BCUT2D eigenvalue weighted by Crippen LogP contribution is 2.22. The summed E-state index contributed by atoms with van der Waals surface area (Å²) in [5.41, 5.74) is 1.17. The van der Waals surface area contributed by atoms with Gasteiger partial charge in [-0.05, 0) is 30.3 Å². The number of benzene rings is 1. The van der Waals surface area contributed by atoms with Crippen molar-refractivity contribution in [3.05, 3.63) is 53.6 Å². The molecule has 1 amide bonds. The lowest BCUT2D eigenvalue weighted by atomic mass is 10.2. The van der Waals surface area contributed by atoms with Crippen molar-refractivity contribution in [1.29, 1.82) is 0 Å². The van der Waals surface area contributed by atoms with Crippen LogP contribution in [0.25, 0.3) is 11.4 Å². The van der Waals surface area contributed by atoms with E-state index in [1.807, 2.05) is 0 Å². The molecule has 0 saturated carbocycles. The van der Waals surface area contributed by atoms with Gasteiger partial charge in [0.1, 0.15) is 5.82 Å². The molecule has 2 aromatic heterocycles. The molecule has 3 rings (SSSR count). The number of nitrogens with one attached hydrogen (secondary N) is 1. The Kier molecular flexibility index (Phi) is 5.15. The highest BCUT2D eigenvalue weighted by molar-refractivity contribution is 7.99. The molecule has 128 valence electrons. The highest BCUT2D eigenvalue weighted by atomic mass is 35.5. The smallest absolute Gasteiger partial charge is 0.234 e. The molecule has 0 aliphatic rings. The summed E-state index contributed by atoms with van der Waals surface area (Å²) in [5.74, 6) is 5.64. The third-order valence-corrected chi connectivity index (χ3v) is 4.37. The minimum Gasteiger partial charge on any atom is -0.335 e. The number of amides is 1. The van der Waals surface area contributed by atoms with Gasteiger partial charge in [-0.1, -0.05) is 23.4 Å². The number of aromatic nitrogens is 4.